The first kappa shape index (κ1) is 15.5. The quantitative estimate of drug-likeness (QED) is 0.839. The minimum atomic E-state index is -2.90. The van der Waals surface area contributed by atoms with Crippen molar-refractivity contribution < 1.29 is 8.42 Å². The van der Waals surface area contributed by atoms with Crippen LogP contribution in [0.4, 0.5) is 0 Å². The lowest BCUT2D eigenvalue weighted by Crippen LogP contribution is -2.27. The molecule has 0 radical (unpaired) electrons. The predicted octanol–water partition coefficient (Wildman–Crippen LogP) is 2.82. The van der Waals surface area contributed by atoms with Gasteiger partial charge in [-0.3, -0.25) is 0 Å². The maximum Gasteiger partial charge on any atom is 0.151 e. The second-order valence-electron chi connectivity index (χ2n) is 4.21. The van der Waals surface area contributed by atoms with Gasteiger partial charge < -0.3 is 5.32 Å². The Morgan fingerprint density at radius 2 is 2.06 bits per heavy atom. The normalized spacial score (nSPS) is 13.5. The van der Waals surface area contributed by atoms with Gasteiger partial charge in [0.2, 0.25) is 0 Å². The molecule has 3 nitrogen and oxygen atoms in total. The Bertz CT molecular complexity index is 474. The van der Waals surface area contributed by atoms with Gasteiger partial charge in [0.1, 0.15) is 0 Å². The highest BCUT2D eigenvalue weighted by Gasteiger charge is 2.11. The molecule has 1 atom stereocenters. The van der Waals surface area contributed by atoms with Gasteiger partial charge in [-0.15, -0.1) is 0 Å². The molecule has 18 heavy (non-hydrogen) atoms. The van der Waals surface area contributed by atoms with Crippen molar-refractivity contribution in [1.82, 2.24) is 5.32 Å². The summed E-state index contributed by atoms with van der Waals surface area (Å²) in [6.07, 6.45) is 0.895. The third-order valence-corrected chi connectivity index (χ3v) is 4.84. The molecular formula is C13H20ClNO2S. The largest absolute Gasteiger partial charge is 0.309 e. The number of hydrogen-bond donors (Lipinski definition) is 1. The fourth-order valence-electron chi connectivity index (χ4n) is 1.75. The van der Waals surface area contributed by atoms with Gasteiger partial charge in [0, 0.05) is 23.4 Å². The summed E-state index contributed by atoms with van der Waals surface area (Å²) in [5.41, 5.74) is 1.10. The third kappa shape index (κ3) is 4.96. The number of sulfone groups is 1. The van der Waals surface area contributed by atoms with Crippen LogP contribution in [0.5, 0.6) is 0 Å². The summed E-state index contributed by atoms with van der Waals surface area (Å²) in [6.45, 7) is 4.21. The number of benzene rings is 1. The number of hydrogen-bond acceptors (Lipinski definition) is 3. The van der Waals surface area contributed by atoms with Crippen LogP contribution in [0.2, 0.25) is 5.02 Å². The molecule has 0 aliphatic carbocycles. The molecule has 1 unspecified atom stereocenters. The molecule has 1 aromatic carbocycles. The molecule has 0 saturated heterocycles. The van der Waals surface area contributed by atoms with E-state index in [-0.39, 0.29) is 17.5 Å². The van der Waals surface area contributed by atoms with Gasteiger partial charge >= 0.3 is 0 Å². The summed E-state index contributed by atoms with van der Waals surface area (Å²) in [7, 11) is -2.90. The van der Waals surface area contributed by atoms with Crippen LogP contribution in [-0.4, -0.2) is 26.5 Å². The molecule has 0 saturated carbocycles. The van der Waals surface area contributed by atoms with Crippen molar-refractivity contribution in [3.05, 3.63) is 34.9 Å². The lowest BCUT2D eigenvalue weighted by atomic mass is 10.0. The highest BCUT2D eigenvalue weighted by molar-refractivity contribution is 7.91. The molecule has 0 aliphatic heterocycles. The van der Waals surface area contributed by atoms with Gasteiger partial charge in [-0.2, -0.15) is 0 Å². The van der Waals surface area contributed by atoms with Gasteiger partial charge in [-0.25, -0.2) is 8.42 Å². The maximum absolute atomic E-state index is 11.4. The van der Waals surface area contributed by atoms with Crippen LogP contribution in [0.3, 0.4) is 0 Å². The zero-order valence-corrected chi connectivity index (χ0v) is 12.4. The van der Waals surface area contributed by atoms with Crippen LogP contribution in [0.15, 0.2) is 24.3 Å². The number of nitrogens with one attached hydrogen (secondary N) is 1. The lowest BCUT2D eigenvalue weighted by Gasteiger charge is -2.17. The highest BCUT2D eigenvalue weighted by Crippen LogP contribution is 2.20. The average Bonchev–Trinajstić information content (AvgIpc) is 2.34. The molecule has 0 aromatic heterocycles. The van der Waals surface area contributed by atoms with E-state index in [4.69, 9.17) is 11.6 Å². The second-order valence-corrected chi connectivity index (χ2v) is 7.12. The smallest absolute Gasteiger partial charge is 0.151 e. The number of rotatable bonds is 7. The van der Waals surface area contributed by atoms with Gasteiger partial charge in [0.05, 0.1) is 5.75 Å². The molecular weight excluding hydrogens is 270 g/mol. The van der Waals surface area contributed by atoms with E-state index in [0.29, 0.717) is 11.6 Å². The van der Waals surface area contributed by atoms with Crippen LogP contribution >= 0.6 is 11.6 Å². The van der Waals surface area contributed by atoms with E-state index >= 15 is 0 Å². The highest BCUT2D eigenvalue weighted by atomic mass is 35.5. The Kier molecular flexibility index (Phi) is 6.12. The molecule has 0 aliphatic rings. The monoisotopic (exact) mass is 289 g/mol. The summed E-state index contributed by atoms with van der Waals surface area (Å²) in [4.78, 5) is 0. The molecule has 102 valence electrons. The topological polar surface area (TPSA) is 46.2 Å². The first-order valence-corrected chi connectivity index (χ1v) is 8.37. The molecule has 1 aromatic rings. The van der Waals surface area contributed by atoms with E-state index in [0.717, 1.165) is 12.0 Å². The van der Waals surface area contributed by atoms with Gasteiger partial charge in [0.15, 0.2) is 9.84 Å². The summed E-state index contributed by atoms with van der Waals surface area (Å²) in [5, 5.41) is 3.97. The van der Waals surface area contributed by atoms with Crippen LogP contribution in [0.1, 0.15) is 31.9 Å². The molecule has 0 amide bonds. The predicted molar refractivity (Wildman–Crippen MR) is 76.8 cm³/mol. The fourth-order valence-corrected chi connectivity index (χ4v) is 2.67. The average molecular weight is 290 g/mol. The van der Waals surface area contributed by atoms with Crippen molar-refractivity contribution in [2.24, 2.45) is 0 Å². The first-order valence-electron chi connectivity index (χ1n) is 6.17. The molecule has 0 heterocycles. The van der Waals surface area contributed by atoms with E-state index < -0.39 is 9.84 Å². The van der Waals surface area contributed by atoms with Crippen molar-refractivity contribution in [1.29, 1.82) is 0 Å². The van der Waals surface area contributed by atoms with E-state index in [2.05, 4.69) is 12.2 Å². The summed E-state index contributed by atoms with van der Waals surface area (Å²) < 4.78 is 22.8. The third-order valence-electron chi connectivity index (χ3n) is 2.90. The van der Waals surface area contributed by atoms with Crippen LogP contribution < -0.4 is 5.32 Å². The van der Waals surface area contributed by atoms with Crippen LogP contribution in [0.25, 0.3) is 0 Å². The van der Waals surface area contributed by atoms with Crippen molar-refractivity contribution in [3.8, 4) is 0 Å². The Balaban J connectivity index is 2.58. The van der Waals surface area contributed by atoms with Gasteiger partial charge in [-0.1, -0.05) is 37.6 Å². The molecule has 0 spiro atoms. The zero-order valence-electron chi connectivity index (χ0n) is 10.8. The number of halogens is 1. The molecule has 5 heteroatoms. The molecule has 1 N–H and O–H groups in total. The summed E-state index contributed by atoms with van der Waals surface area (Å²) >= 11 is 5.95. The SMILES string of the molecule is CCC(NCCS(=O)(=O)CC)c1cccc(Cl)c1. The van der Waals surface area contributed by atoms with E-state index in [9.17, 15) is 8.42 Å². The molecule has 1 rings (SSSR count). The van der Waals surface area contributed by atoms with Crippen molar-refractivity contribution >= 4 is 21.4 Å². The standard InChI is InChI=1S/C13H20ClNO2S/c1-3-13(11-6-5-7-12(14)10-11)15-8-9-18(16,17)4-2/h5-7,10,13,15H,3-4,8-9H2,1-2H3. The van der Waals surface area contributed by atoms with Crippen molar-refractivity contribution in [2.45, 2.75) is 26.3 Å². The van der Waals surface area contributed by atoms with Crippen LogP contribution in [0, 0.1) is 0 Å². The minimum Gasteiger partial charge on any atom is -0.309 e. The van der Waals surface area contributed by atoms with Gasteiger partial charge in [0.25, 0.3) is 0 Å². The molecule has 0 fully saturated rings. The van der Waals surface area contributed by atoms with Crippen molar-refractivity contribution in [2.75, 3.05) is 18.1 Å². The van der Waals surface area contributed by atoms with E-state index in [1.54, 1.807) is 6.92 Å². The Morgan fingerprint density at radius 1 is 1.33 bits per heavy atom. The van der Waals surface area contributed by atoms with E-state index in [1.807, 2.05) is 24.3 Å². The van der Waals surface area contributed by atoms with Crippen molar-refractivity contribution in [3.63, 3.8) is 0 Å². The first-order chi connectivity index (χ1) is 8.48. The maximum atomic E-state index is 11.4. The summed E-state index contributed by atoms with van der Waals surface area (Å²) in [6, 6.07) is 7.80. The Morgan fingerprint density at radius 3 is 2.61 bits per heavy atom. The van der Waals surface area contributed by atoms with Crippen LogP contribution in [-0.2, 0) is 9.84 Å². The second kappa shape index (κ2) is 7.12. The lowest BCUT2D eigenvalue weighted by molar-refractivity contribution is 0.531. The molecule has 0 bridgehead atoms. The Labute approximate surface area is 114 Å². The zero-order chi connectivity index (χ0) is 13.6. The summed E-state index contributed by atoms with van der Waals surface area (Å²) in [5.74, 6) is 0.378. The fraction of sp³-hybridized carbons (Fsp3) is 0.538. The van der Waals surface area contributed by atoms with Gasteiger partial charge in [-0.05, 0) is 24.1 Å². The Hall–Kier alpha value is -0.580. The minimum absolute atomic E-state index is 0.149. The van der Waals surface area contributed by atoms with E-state index in [1.165, 1.54) is 0 Å².